The van der Waals surface area contributed by atoms with E-state index >= 15 is 0 Å². The van der Waals surface area contributed by atoms with Crippen LogP contribution in [0.1, 0.15) is 44.7 Å². The normalized spacial score (nSPS) is 12.8. The standard InChI is InChI=1S/C16H25NO2/c1-11(2)14-7-5-13(6-8-14)9-17-16(19)15(10-18)12(3)4/h5-8,11-12,15,18H,9-10H2,1-4H3,(H,17,19). The molecule has 2 N–H and O–H groups in total. The molecular weight excluding hydrogens is 238 g/mol. The van der Waals surface area contributed by atoms with Gasteiger partial charge in [0.05, 0.1) is 12.5 Å². The molecule has 0 heterocycles. The molecule has 0 aromatic heterocycles. The number of carbonyl (C=O) groups is 1. The zero-order chi connectivity index (χ0) is 14.4. The Balaban J connectivity index is 2.54. The van der Waals surface area contributed by atoms with Crippen molar-refractivity contribution in [3.8, 4) is 0 Å². The van der Waals surface area contributed by atoms with E-state index in [1.165, 1.54) is 5.56 Å². The molecule has 0 saturated heterocycles. The quantitative estimate of drug-likeness (QED) is 0.829. The maximum absolute atomic E-state index is 11.9. The van der Waals surface area contributed by atoms with Crippen LogP contribution in [0.5, 0.6) is 0 Å². The molecule has 0 spiro atoms. The summed E-state index contributed by atoms with van der Waals surface area (Å²) in [6, 6.07) is 8.27. The van der Waals surface area contributed by atoms with E-state index in [2.05, 4.69) is 31.3 Å². The lowest BCUT2D eigenvalue weighted by atomic mass is 9.96. The van der Waals surface area contributed by atoms with Crippen molar-refractivity contribution in [1.29, 1.82) is 0 Å². The van der Waals surface area contributed by atoms with Crippen molar-refractivity contribution in [2.75, 3.05) is 6.61 Å². The summed E-state index contributed by atoms with van der Waals surface area (Å²) in [7, 11) is 0. The molecule has 3 heteroatoms. The Kier molecular flexibility index (Phi) is 6.03. The van der Waals surface area contributed by atoms with Crippen LogP contribution in [0.4, 0.5) is 0 Å². The molecule has 1 atom stereocenters. The predicted octanol–water partition coefficient (Wildman–Crippen LogP) is 2.69. The van der Waals surface area contributed by atoms with Crippen LogP contribution in [0.2, 0.25) is 0 Å². The lowest BCUT2D eigenvalue weighted by Gasteiger charge is -2.17. The van der Waals surface area contributed by atoms with E-state index in [-0.39, 0.29) is 24.3 Å². The molecule has 0 saturated carbocycles. The molecule has 0 aliphatic heterocycles. The number of hydrogen-bond donors (Lipinski definition) is 2. The van der Waals surface area contributed by atoms with Crippen LogP contribution in [0.15, 0.2) is 24.3 Å². The fourth-order valence-corrected chi connectivity index (χ4v) is 1.94. The molecule has 0 fully saturated rings. The zero-order valence-corrected chi connectivity index (χ0v) is 12.3. The highest BCUT2D eigenvalue weighted by Crippen LogP contribution is 2.15. The van der Waals surface area contributed by atoms with Crippen molar-refractivity contribution in [2.45, 2.75) is 40.2 Å². The van der Waals surface area contributed by atoms with Crippen molar-refractivity contribution in [1.82, 2.24) is 5.32 Å². The maximum atomic E-state index is 11.9. The monoisotopic (exact) mass is 263 g/mol. The second kappa shape index (κ2) is 7.29. The highest BCUT2D eigenvalue weighted by Gasteiger charge is 2.20. The van der Waals surface area contributed by atoms with Gasteiger partial charge in [0.1, 0.15) is 0 Å². The van der Waals surface area contributed by atoms with E-state index in [9.17, 15) is 9.90 Å². The molecule has 106 valence electrons. The Morgan fingerprint density at radius 2 is 1.74 bits per heavy atom. The molecule has 0 aliphatic rings. The summed E-state index contributed by atoms with van der Waals surface area (Å²) in [4.78, 5) is 11.9. The second-order valence-electron chi connectivity index (χ2n) is 5.65. The third-order valence-corrected chi connectivity index (χ3v) is 3.45. The number of aliphatic hydroxyl groups is 1. The third kappa shape index (κ3) is 4.67. The molecule has 19 heavy (non-hydrogen) atoms. The van der Waals surface area contributed by atoms with E-state index < -0.39 is 0 Å². The van der Waals surface area contributed by atoms with Gasteiger partial charge in [0.2, 0.25) is 5.91 Å². The van der Waals surface area contributed by atoms with Gasteiger partial charge in [0.15, 0.2) is 0 Å². The van der Waals surface area contributed by atoms with Gasteiger partial charge in [-0.1, -0.05) is 52.0 Å². The fourth-order valence-electron chi connectivity index (χ4n) is 1.94. The first-order valence-electron chi connectivity index (χ1n) is 6.93. The van der Waals surface area contributed by atoms with Gasteiger partial charge < -0.3 is 10.4 Å². The van der Waals surface area contributed by atoms with Crippen LogP contribution in [0.3, 0.4) is 0 Å². The van der Waals surface area contributed by atoms with Gasteiger partial charge in [-0.3, -0.25) is 4.79 Å². The Labute approximate surface area is 116 Å². The average Bonchev–Trinajstić information content (AvgIpc) is 2.37. The first-order chi connectivity index (χ1) is 8.95. The smallest absolute Gasteiger partial charge is 0.225 e. The topological polar surface area (TPSA) is 49.3 Å². The fraction of sp³-hybridized carbons (Fsp3) is 0.562. The van der Waals surface area contributed by atoms with E-state index in [0.29, 0.717) is 12.5 Å². The predicted molar refractivity (Wildman–Crippen MR) is 77.8 cm³/mol. The van der Waals surface area contributed by atoms with Crippen LogP contribution in [-0.4, -0.2) is 17.6 Å². The molecule has 0 bridgehead atoms. The summed E-state index contributed by atoms with van der Waals surface area (Å²) in [6.45, 7) is 8.61. The van der Waals surface area contributed by atoms with E-state index in [4.69, 9.17) is 0 Å². The maximum Gasteiger partial charge on any atom is 0.225 e. The van der Waals surface area contributed by atoms with Crippen LogP contribution in [0, 0.1) is 11.8 Å². The molecule has 1 aromatic carbocycles. The van der Waals surface area contributed by atoms with Crippen LogP contribution in [0.25, 0.3) is 0 Å². The molecular formula is C16H25NO2. The summed E-state index contributed by atoms with van der Waals surface area (Å²) in [5.74, 6) is 0.261. The van der Waals surface area contributed by atoms with Gasteiger partial charge >= 0.3 is 0 Å². The first-order valence-corrected chi connectivity index (χ1v) is 6.93. The number of aliphatic hydroxyl groups excluding tert-OH is 1. The minimum atomic E-state index is -0.324. The number of carbonyl (C=O) groups excluding carboxylic acids is 1. The van der Waals surface area contributed by atoms with Gasteiger partial charge in [-0.25, -0.2) is 0 Å². The summed E-state index contributed by atoms with van der Waals surface area (Å²) in [5.41, 5.74) is 2.38. The summed E-state index contributed by atoms with van der Waals surface area (Å²) in [6.07, 6.45) is 0. The number of amides is 1. The highest BCUT2D eigenvalue weighted by atomic mass is 16.3. The minimum absolute atomic E-state index is 0.0783. The lowest BCUT2D eigenvalue weighted by Crippen LogP contribution is -2.35. The molecule has 1 aromatic rings. The SMILES string of the molecule is CC(C)c1ccc(CNC(=O)C(CO)C(C)C)cc1. The molecule has 1 rings (SSSR count). The second-order valence-corrected chi connectivity index (χ2v) is 5.65. The summed E-state index contributed by atoms with van der Waals surface area (Å²) < 4.78 is 0. The molecule has 0 radical (unpaired) electrons. The van der Waals surface area contributed by atoms with Crippen LogP contribution >= 0.6 is 0 Å². The first kappa shape index (κ1) is 15.7. The van der Waals surface area contributed by atoms with Gasteiger partial charge in [0.25, 0.3) is 0 Å². The van der Waals surface area contributed by atoms with Gasteiger partial charge in [0, 0.05) is 6.54 Å². The van der Waals surface area contributed by atoms with Crippen LogP contribution < -0.4 is 5.32 Å². The molecule has 1 amide bonds. The highest BCUT2D eigenvalue weighted by molar-refractivity contribution is 5.78. The Morgan fingerprint density at radius 3 is 2.16 bits per heavy atom. The number of hydrogen-bond acceptors (Lipinski definition) is 2. The number of rotatable bonds is 6. The van der Waals surface area contributed by atoms with E-state index in [0.717, 1.165) is 5.56 Å². The molecule has 3 nitrogen and oxygen atoms in total. The third-order valence-electron chi connectivity index (χ3n) is 3.45. The number of benzene rings is 1. The summed E-state index contributed by atoms with van der Waals surface area (Å²) in [5, 5.41) is 12.1. The van der Waals surface area contributed by atoms with E-state index in [1.807, 2.05) is 26.0 Å². The Morgan fingerprint density at radius 1 is 1.16 bits per heavy atom. The summed E-state index contributed by atoms with van der Waals surface area (Å²) >= 11 is 0. The van der Waals surface area contributed by atoms with Gasteiger partial charge in [-0.2, -0.15) is 0 Å². The van der Waals surface area contributed by atoms with Crippen molar-refractivity contribution in [3.63, 3.8) is 0 Å². The Bertz CT molecular complexity index is 396. The lowest BCUT2D eigenvalue weighted by molar-refractivity contribution is -0.127. The van der Waals surface area contributed by atoms with Crippen molar-refractivity contribution in [3.05, 3.63) is 35.4 Å². The largest absolute Gasteiger partial charge is 0.396 e. The average molecular weight is 263 g/mol. The van der Waals surface area contributed by atoms with Crippen molar-refractivity contribution >= 4 is 5.91 Å². The van der Waals surface area contributed by atoms with Crippen LogP contribution in [-0.2, 0) is 11.3 Å². The van der Waals surface area contributed by atoms with Gasteiger partial charge in [-0.05, 0) is 23.0 Å². The van der Waals surface area contributed by atoms with Crippen molar-refractivity contribution in [2.24, 2.45) is 11.8 Å². The van der Waals surface area contributed by atoms with Gasteiger partial charge in [-0.15, -0.1) is 0 Å². The zero-order valence-electron chi connectivity index (χ0n) is 12.3. The van der Waals surface area contributed by atoms with Crippen molar-refractivity contribution < 1.29 is 9.90 Å². The number of nitrogens with one attached hydrogen (secondary N) is 1. The Hall–Kier alpha value is -1.35. The molecule has 0 aliphatic carbocycles. The van der Waals surface area contributed by atoms with E-state index in [1.54, 1.807) is 0 Å². The molecule has 1 unspecified atom stereocenters. The minimum Gasteiger partial charge on any atom is -0.396 e.